The Kier molecular flexibility index (Phi) is 11.0. The van der Waals surface area contributed by atoms with Crippen LogP contribution in [-0.4, -0.2) is 49.5 Å². The lowest BCUT2D eigenvalue weighted by molar-refractivity contribution is -0.205. The lowest BCUT2D eigenvalue weighted by Gasteiger charge is -2.33. The molecule has 0 radical (unpaired) electrons. The number of hydroxylamine groups is 2. The Morgan fingerprint density at radius 3 is 1.82 bits per heavy atom. The number of hydrogen-bond donors (Lipinski definition) is 1. The molecule has 0 saturated heterocycles. The van der Waals surface area contributed by atoms with Crippen LogP contribution in [0.5, 0.6) is 0 Å². The van der Waals surface area contributed by atoms with E-state index in [1.54, 1.807) is 7.11 Å². The first-order chi connectivity index (χ1) is 16.3. The van der Waals surface area contributed by atoms with Crippen molar-refractivity contribution in [2.24, 2.45) is 0 Å². The molecule has 6 heteroatoms. The van der Waals surface area contributed by atoms with Gasteiger partial charge in [0.05, 0.1) is 32.5 Å². The maximum absolute atomic E-state index is 11.0. The third kappa shape index (κ3) is 9.06. The van der Waals surface area contributed by atoms with Crippen molar-refractivity contribution >= 4 is 0 Å². The van der Waals surface area contributed by atoms with E-state index in [9.17, 15) is 5.21 Å². The second kappa shape index (κ2) is 14.5. The minimum atomic E-state index is -0.458. The number of benzene rings is 3. The maximum Gasteiger partial charge on any atom is 0.146 e. The summed E-state index contributed by atoms with van der Waals surface area (Å²) in [4.78, 5) is 0. The van der Waals surface area contributed by atoms with E-state index < -0.39 is 12.1 Å². The van der Waals surface area contributed by atoms with Crippen LogP contribution in [0.25, 0.3) is 0 Å². The van der Waals surface area contributed by atoms with Crippen molar-refractivity contribution < 1.29 is 24.2 Å². The second-order valence-corrected chi connectivity index (χ2v) is 7.76. The highest BCUT2D eigenvalue weighted by molar-refractivity contribution is 5.15. The lowest BCUT2D eigenvalue weighted by Crippen LogP contribution is -2.48. The van der Waals surface area contributed by atoms with Crippen LogP contribution in [0.15, 0.2) is 91.0 Å². The van der Waals surface area contributed by atoms with Crippen LogP contribution in [0.3, 0.4) is 0 Å². The lowest BCUT2D eigenvalue weighted by atomic mass is 10.1. The van der Waals surface area contributed by atoms with Gasteiger partial charge >= 0.3 is 0 Å². The minimum absolute atomic E-state index is 0.131. The van der Waals surface area contributed by atoms with Crippen molar-refractivity contribution in [1.82, 2.24) is 5.06 Å². The molecule has 0 spiro atoms. The highest BCUT2D eigenvalue weighted by Crippen LogP contribution is 2.16. The maximum atomic E-state index is 11.0. The Morgan fingerprint density at radius 1 is 0.697 bits per heavy atom. The van der Waals surface area contributed by atoms with Gasteiger partial charge in [-0.05, 0) is 16.7 Å². The van der Waals surface area contributed by atoms with Crippen molar-refractivity contribution in [3.63, 3.8) is 0 Å². The summed E-state index contributed by atoms with van der Waals surface area (Å²) in [5.41, 5.74) is 3.12. The van der Waals surface area contributed by atoms with E-state index in [1.165, 1.54) is 5.06 Å². The predicted octanol–water partition coefficient (Wildman–Crippen LogP) is 4.67. The third-order valence-corrected chi connectivity index (χ3v) is 5.19. The first-order valence-corrected chi connectivity index (χ1v) is 11.1. The molecule has 0 aliphatic rings. The standard InChI is InChI=1S/C27H33NO5/c1-30-22-32-20-26(28(29)17-23-11-5-2-6-12-23)27(33-19-25-15-9-4-10-16-25)21-31-18-24-13-7-3-8-14-24/h2-16,26-27,29H,17-22H2,1H3/t26-,27-/m1/s1. The van der Waals surface area contributed by atoms with Crippen molar-refractivity contribution in [2.75, 3.05) is 27.1 Å². The summed E-state index contributed by atoms with van der Waals surface area (Å²) in [7, 11) is 1.57. The molecule has 0 fully saturated rings. The quantitative estimate of drug-likeness (QED) is 0.206. The molecule has 0 amide bonds. The summed E-state index contributed by atoms with van der Waals surface area (Å²) in [6.45, 7) is 1.86. The van der Waals surface area contributed by atoms with Gasteiger partial charge in [0.15, 0.2) is 0 Å². The summed E-state index contributed by atoms with van der Waals surface area (Å²) in [5.74, 6) is 0. The van der Waals surface area contributed by atoms with E-state index in [1.807, 2.05) is 91.0 Å². The fourth-order valence-electron chi connectivity index (χ4n) is 3.44. The fourth-order valence-corrected chi connectivity index (χ4v) is 3.44. The van der Waals surface area contributed by atoms with Gasteiger partial charge in [0.2, 0.25) is 0 Å². The summed E-state index contributed by atoms with van der Waals surface area (Å²) in [5, 5.41) is 12.3. The van der Waals surface area contributed by atoms with E-state index in [0.717, 1.165) is 16.7 Å². The molecule has 0 unspecified atom stereocenters. The molecule has 0 aliphatic carbocycles. The Hall–Kier alpha value is -2.58. The van der Waals surface area contributed by atoms with Gasteiger partial charge in [-0.1, -0.05) is 91.0 Å². The zero-order valence-electron chi connectivity index (χ0n) is 19.1. The van der Waals surface area contributed by atoms with Crippen LogP contribution in [0.1, 0.15) is 16.7 Å². The van der Waals surface area contributed by atoms with E-state index in [-0.39, 0.29) is 13.4 Å². The molecule has 0 bridgehead atoms. The van der Waals surface area contributed by atoms with Crippen LogP contribution in [0.2, 0.25) is 0 Å². The highest BCUT2D eigenvalue weighted by atomic mass is 16.7. The number of rotatable bonds is 15. The van der Waals surface area contributed by atoms with Gasteiger partial charge in [0.25, 0.3) is 0 Å². The topological polar surface area (TPSA) is 60.4 Å². The van der Waals surface area contributed by atoms with Gasteiger partial charge in [-0.2, -0.15) is 5.06 Å². The average Bonchev–Trinajstić information content (AvgIpc) is 2.86. The molecule has 3 aromatic carbocycles. The highest BCUT2D eigenvalue weighted by Gasteiger charge is 2.29. The normalized spacial score (nSPS) is 13.2. The summed E-state index contributed by atoms with van der Waals surface area (Å²) in [6.07, 6.45) is -0.431. The molecule has 3 rings (SSSR count). The van der Waals surface area contributed by atoms with Gasteiger partial charge in [-0.25, -0.2) is 0 Å². The van der Waals surface area contributed by atoms with Crippen LogP contribution in [0, 0.1) is 0 Å². The Labute approximate surface area is 196 Å². The third-order valence-electron chi connectivity index (χ3n) is 5.19. The first-order valence-electron chi connectivity index (χ1n) is 11.1. The molecule has 0 aromatic heterocycles. The monoisotopic (exact) mass is 451 g/mol. The van der Waals surface area contributed by atoms with Gasteiger partial charge in [0.1, 0.15) is 12.9 Å². The molecule has 0 saturated carbocycles. The van der Waals surface area contributed by atoms with Crippen LogP contribution < -0.4 is 0 Å². The summed E-state index contributed by atoms with van der Waals surface area (Å²) < 4.78 is 23.0. The van der Waals surface area contributed by atoms with E-state index in [0.29, 0.717) is 26.4 Å². The number of methoxy groups -OCH3 is 1. The van der Waals surface area contributed by atoms with Gasteiger partial charge < -0.3 is 24.2 Å². The van der Waals surface area contributed by atoms with Crippen molar-refractivity contribution in [3.05, 3.63) is 108 Å². The van der Waals surface area contributed by atoms with Gasteiger partial charge in [0, 0.05) is 13.7 Å². The Bertz CT molecular complexity index is 879. The average molecular weight is 452 g/mol. The first kappa shape index (κ1) is 25.1. The number of ether oxygens (including phenoxy) is 4. The van der Waals surface area contributed by atoms with Crippen LogP contribution in [-0.2, 0) is 38.7 Å². The SMILES string of the molecule is COCOC[C@H]([C@@H](COCc1ccccc1)OCc1ccccc1)N(O)Cc1ccccc1. The zero-order chi connectivity index (χ0) is 23.1. The molecule has 0 aliphatic heterocycles. The second-order valence-electron chi connectivity index (χ2n) is 7.76. The Morgan fingerprint density at radius 2 is 1.24 bits per heavy atom. The van der Waals surface area contributed by atoms with Crippen molar-refractivity contribution in [1.29, 1.82) is 0 Å². The molecule has 6 nitrogen and oxygen atoms in total. The van der Waals surface area contributed by atoms with E-state index in [2.05, 4.69) is 0 Å². The Balaban J connectivity index is 1.70. The zero-order valence-corrected chi connectivity index (χ0v) is 19.1. The van der Waals surface area contributed by atoms with Crippen molar-refractivity contribution in [3.8, 4) is 0 Å². The molecule has 1 N–H and O–H groups in total. The fraction of sp³-hybridized carbons (Fsp3) is 0.333. The summed E-state index contributed by atoms with van der Waals surface area (Å²) in [6, 6.07) is 29.3. The molecule has 3 aromatic rings. The van der Waals surface area contributed by atoms with Gasteiger partial charge in [-0.3, -0.25) is 0 Å². The largest absolute Gasteiger partial charge is 0.374 e. The molecular formula is C27H33NO5. The van der Waals surface area contributed by atoms with Gasteiger partial charge in [-0.15, -0.1) is 0 Å². The van der Waals surface area contributed by atoms with E-state index in [4.69, 9.17) is 18.9 Å². The van der Waals surface area contributed by atoms with Crippen molar-refractivity contribution in [2.45, 2.75) is 31.9 Å². The van der Waals surface area contributed by atoms with E-state index >= 15 is 0 Å². The molecule has 0 heterocycles. The smallest absolute Gasteiger partial charge is 0.146 e. The molecular weight excluding hydrogens is 418 g/mol. The molecule has 2 atom stereocenters. The summed E-state index contributed by atoms with van der Waals surface area (Å²) >= 11 is 0. The minimum Gasteiger partial charge on any atom is -0.374 e. The predicted molar refractivity (Wildman–Crippen MR) is 127 cm³/mol. The molecule has 33 heavy (non-hydrogen) atoms. The number of nitrogens with zero attached hydrogens (tertiary/aromatic N) is 1. The molecule has 176 valence electrons. The van der Waals surface area contributed by atoms with Crippen LogP contribution in [0.4, 0.5) is 0 Å². The number of hydrogen-bond acceptors (Lipinski definition) is 6. The van der Waals surface area contributed by atoms with Crippen LogP contribution >= 0.6 is 0 Å².